The maximum atomic E-state index is 12.0. The number of carbonyl (C=O) groups is 1. The van der Waals surface area contributed by atoms with Gasteiger partial charge >= 0.3 is 5.97 Å². The van der Waals surface area contributed by atoms with Crippen LogP contribution in [0.4, 0.5) is 0 Å². The van der Waals surface area contributed by atoms with E-state index in [1.807, 2.05) is 18.5 Å². The van der Waals surface area contributed by atoms with Crippen LogP contribution in [-0.2, 0) is 11.8 Å². The number of halogens is 1. The van der Waals surface area contributed by atoms with E-state index in [1.54, 1.807) is 19.1 Å². The number of phenols is 1. The van der Waals surface area contributed by atoms with Crippen LogP contribution in [0.25, 0.3) is 10.9 Å². The lowest BCUT2D eigenvalue weighted by Crippen LogP contribution is -2.06. The average Bonchev–Trinajstić information content (AvgIpc) is 2.54. The number of benzene rings is 1. The molecule has 0 bridgehead atoms. The first-order chi connectivity index (χ1) is 8.47. The molecule has 0 unspecified atom stereocenters. The second-order valence-corrected chi connectivity index (χ2v) is 4.92. The molecule has 0 saturated heterocycles. The van der Waals surface area contributed by atoms with Crippen molar-refractivity contribution in [2.45, 2.75) is 13.8 Å². The van der Waals surface area contributed by atoms with Crippen LogP contribution in [0.3, 0.4) is 0 Å². The minimum absolute atomic E-state index is 0.110. The number of fused-ring (bicyclic) bond motifs is 1. The summed E-state index contributed by atoms with van der Waals surface area (Å²) in [5.41, 5.74) is 2.21. The number of phenolic OH excluding ortho intramolecular Hbond substituents is 1. The van der Waals surface area contributed by atoms with Crippen molar-refractivity contribution in [3.63, 3.8) is 0 Å². The lowest BCUT2D eigenvalue weighted by molar-refractivity contribution is 0.0527. The molecule has 0 fully saturated rings. The van der Waals surface area contributed by atoms with Gasteiger partial charge in [0.05, 0.1) is 22.2 Å². The normalized spacial score (nSPS) is 10.9. The molecular formula is C13H14BrNO3. The zero-order valence-corrected chi connectivity index (χ0v) is 12.0. The maximum absolute atomic E-state index is 12.0. The third kappa shape index (κ3) is 1.88. The maximum Gasteiger partial charge on any atom is 0.340 e. The van der Waals surface area contributed by atoms with Crippen LogP contribution in [0, 0.1) is 6.92 Å². The Bertz CT molecular complexity index is 631. The molecular weight excluding hydrogens is 298 g/mol. The van der Waals surface area contributed by atoms with E-state index in [2.05, 4.69) is 15.9 Å². The number of nitrogens with zero attached hydrogens (tertiary/aromatic N) is 1. The molecule has 0 saturated carbocycles. The summed E-state index contributed by atoms with van der Waals surface area (Å²) in [4.78, 5) is 12.0. The van der Waals surface area contributed by atoms with Crippen molar-refractivity contribution in [2.75, 3.05) is 6.61 Å². The summed E-state index contributed by atoms with van der Waals surface area (Å²) in [5.74, 6) is -0.249. The fourth-order valence-corrected chi connectivity index (χ4v) is 2.36. The Hall–Kier alpha value is -1.49. The molecule has 2 rings (SSSR count). The van der Waals surface area contributed by atoms with Crippen LogP contribution >= 0.6 is 15.9 Å². The number of esters is 1. The average molecular weight is 312 g/mol. The van der Waals surface area contributed by atoms with Gasteiger partial charge in [-0.3, -0.25) is 0 Å². The Morgan fingerprint density at radius 3 is 2.78 bits per heavy atom. The van der Waals surface area contributed by atoms with Gasteiger partial charge in [0.1, 0.15) is 5.75 Å². The third-order valence-corrected chi connectivity index (χ3v) is 3.68. The van der Waals surface area contributed by atoms with Crippen LogP contribution in [0.5, 0.6) is 5.75 Å². The lowest BCUT2D eigenvalue weighted by Gasteiger charge is -2.02. The second kappa shape index (κ2) is 4.65. The van der Waals surface area contributed by atoms with Crippen LogP contribution in [0.1, 0.15) is 23.0 Å². The minimum atomic E-state index is -0.359. The summed E-state index contributed by atoms with van der Waals surface area (Å²) in [6.07, 6.45) is 0. The van der Waals surface area contributed by atoms with Crippen molar-refractivity contribution >= 4 is 32.8 Å². The number of carbonyl (C=O) groups excluding carboxylic acids is 1. The number of aryl methyl sites for hydroxylation is 1. The molecule has 96 valence electrons. The Morgan fingerprint density at radius 2 is 2.17 bits per heavy atom. The van der Waals surface area contributed by atoms with Crippen LogP contribution in [0.2, 0.25) is 0 Å². The fourth-order valence-electron chi connectivity index (χ4n) is 2.03. The number of ether oxygens (including phenoxy) is 1. The molecule has 1 N–H and O–H groups in total. The zero-order valence-electron chi connectivity index (χ0n) is 10.5. The van der Waals surface area contributed by atoms with Crippen LogP contribution < -0.4 is 0 Å². The highest BCUT2D eigenvalue weighted by atomic mass is 79.9. The molecule has 0 aliphatic rings. The Labute approximate surface area is 113 Å². The van der Waals surface area contributed by atoms with Gasteiger partial charge in [-0.1, -0.05) is 0 Å². The smallest absolute Gasteiger partial charge is 0.340 e. The van der Waals surface area contributed by atoms with Gasteiger partial charge in [-0.2, -0.15) is 0 Å². The van der Waals surface area contributed by atoms with Crippen molar-refractivity contribution in [1.29, 1.82) is 0 Å². The standard InChI is InChI=1S/C13H14BrNO3/c1-4-18-13(17)12-7(2)15(3)10-6-9(14)11(16)5-8(10)12/h5-6,16H,4H2,1-3H3. The van der Waals surface area contributed by atoms with E-state index in [1.165, 1.54) is 0 Å². The number of aromatic hydroxyl groups is 1. The molecule has 5 heteroatoms. The molecule has 1 aromatic heterocycles. The quantitative estimate of drug-likeness (QED) is 0.867. The summed E-state index contributed by atoms with van der Waals surface area (Å²) in [6.45, 7) is 3.96. The molecule has 0 amide bonds. The highest BCUT2D eigenvalue weighted by molar-refractivity contribution is 9.10. The van der Waals surface area contributed by atoms with Crippen molar-refractivity contribution in [3.8, 4) is 5.75 Å². The number of hydrogen-bond donors (Lipinski definition) is 1. The minimum Gasteiger partial charge on any atom is -0.507 e. The first kappa shape index (κ1) is 13.0. The lowest BCUT2D eigenvalue weighted by atomic mass is 10.1. The molecule has 0 radical (unpaired) electrons. The summed E-state index contributed by atoms with van der Waals surface area (Å²) in [7, 11) is 1.88. The van der Waals surface area contributed by atoms with Crippen LogP contribution in [0.15, 0.2) is 16.6 Å². The van der Waals surface area contributed by atoms with Gasteiger partial charge in [0.25, 0.3) is 0 Å². The number of hydrogen-bond acceptors (Lipinski definition) is 3. The Kier molecular flexibility index (Phi) is 3.34. The van der Waals surface area contributed by atoms with E-state index in [4.69, 9.17) is 4.74 Å². The summed E-state index contributed by atoms with van der Waals surface area (Å²) in [5, 5.41) is 10.4. The predicted molar refractivity (Wildman–Crippen MR) is 73.0 cm³/mol. The molecule has 0 spiro atoms. The van der Waals surface area contributed by atoms with Crippen molar-refractivity contribution in [2.24, 2.45) is 7.05 Å². The van der Waals surface area contributed by atoms with Crippen molar-refractivity contribution < 1.29 is 14.6 Å². The first-order valence-electron chi connectivity index (χ1n) is 5.62. The van der Waals surface area contributed by atoms with Gasteiger partial charge in [-0.05, 0) is 41.9 Å². The highest BCUT2D eigenvalue weighted by Crippen LogP contribution is 2.34. The molecule has 0 atom stereocenters. The molecule has 0 aliphatic carbocycles. The van der Waals surface area contributed by atoms with Gasteiger partial charge in [-0.25, -0.2) is 4.79 Å². The number of rotatable bonds is 2. The Morgan fingerprint density at radius 1 is 1.50 bits per heavy atom. The highest BCUT2D eigenvalue weighted by Gasteiger charge is 2.20. The van der Waals surface area contributed by atoms with E-state index in [9.17, 15) is 9.90 Å². The molecule has 2 aromatic rings. The van der Waals surface area contributed by atoms with Gasteiger partial charge in [-0.15, -0.1) is 0 Å². The Balaban J connectivity index is 2.77. The van der Waals surface area contributed by atoms with Gasteiger partial charge < -0.3 is 14.4 Å². The van der Waals surface area contributed by atoms with Crippen LogP contribution in [-0.4, -0.2) is 22.2 Å². The van der Waals surface area contributed by atoms with E-state index >= 15 is 0 Å². The largest absolute Gasteiger partial charge is 0.507 e. The van der Waals surface area contributed by atoms with Gasteiger partial charge in [0, 0.05) is 18.1 Å². The van der Waals surface area contributed by atoms with Gasteiger partial charge in [0.15, 0.2) is 0 Å². The fraction of sp³-hybridized carbons (Fsp3) is 0.308. The molecule has 0 aliphatic heterocycles. The van der Waals surface area contributed by atoms with E-state index in [0.29, 0.717) is 22.0 Å². The zero-order chi connectivity index (χ0) is 13.4. The first-order valence-corrected chi connectivity index (χ1v) is 6.41. The van der Waals surface area contributed by atoms with E-state index in [0.717, 1.165) is 11.2 Å². The van der Waals surface area contributed by atoms with Crippen molar-refractivity contribution in [1.82, 2.24) is 4.57 Å². The number of aromatic nitrogens is 1. The third-order valence-electron chi connectivity index (χ3n) is 3.04. The molecule has 1 heterocycles. The SMILES string of the molecule is CCOC(=O)c1c(C)n(C)c2cc(Br)c(O)cc12. The predicted octanol–water partition coefficient (Wildman–Crippen LogP) is 3.13. The monoisotopic (exact) mass is 311 g/mol. The molecule has 4 nitrogen and oxygen atoms in total. The molecule has 1 aromatic carbocycles. The van der Waals surface area contributed by atoms with Crippen molar-refractivity contribution in [3.05, 3.63) is 27.9 Å². The second-order valence-electron chi connectivity index (χ2n) is 4.06. The summed E-state index contributed by atoms with van der Waals surface area (Å²) >= 11 is 3.27. The van der Waals surface area contributed by atoms with Gasteiger partial charge in [0.2, 0.25) is 0 Å². The summed E-state index contributed by atoms with van der Waals surface area (Å²) in [6, 6.07) is 3.37. The topological polar surface area (TPSA) is 51.5 Å². The summed E-state index contributed by atoms with van der Waals surface area (Å²) < 4.78 is 7.57. The molecule has 18 heavy (non-hydrogen) atoms. The van der Waals surface area contributed by atoms with E-state index in [-0.39, 0.29) is 11.7 Å². The van der Waals surface area contributed by atoms with E-state index < -0.39 is 0 Å².